The highest BCUT2D eigenvalue weighted by molar-refractivity contribution is 7.07. The van der Waals surface area contributed by atoms with Crippen molar-refractivity contribution in [1.29, 1.82) is 0 Å². The van der Waals surface area contributed by atoms with Gasteiger partial charge in [0.2, 0.25) is 0 Å². The predicted octanol–water partition coefficient (Wildman–Crippen LogP) is 1.97. The third-order valence-corrected chi connectivity index (χ3v) is 4.70. The maximum absolute atomic E-state index is 3.66. The zero-order chi connectivity index (χ0) is 10.8. The molecule has 2 fully saturated rings. The SMILES string of the molecule is c1cc(CCN2CC3CCCNC3C2)cs1. The molecule has 0 aliphatic carbocycles. The van der Waals surface area contributed by atoms with E-state index in [1.807, 2.05) is 11.3 Å². The quantitative estimate of drug-likeness (QED) is 0.863. The average molecular weight is 236 g/mol. The van der Waals surface area contributed by atoms with E-state index in [1.54, 1.807) is 0 Å². The summed E-state index contributed by atoms with van der Waals surface area (Å²) in [4.78, 5) is 2.64. The van der Waals surface area contributed by atoms with E-state index in [4.69, 9.17) is 0 Å². The molecule has 16 heavy (non-hydrogen) atoms. The molecule has 3 rings (SSSR count). The van der Waals surface area contributed by atoms with Gasteiger partial charge in [-0.3, -0.25) is 0 Å². The number of hydrogen-bond donors (Lipinski definition) is 1. The average Bonchev–Trinajstić information content (AvgIpc) is 2.95. The van der Waals surface area contributed by atoms with Crippen molar-refractivity contribution in [2.45, 2.75) is 25.3 Å². The topological polar surface area (TPSA) is 15.3 Å². The van der Waals surface area contributed by atoms with Crippen LogP contribution in [0, 0.1) is 5.92 Å². The van der Waals surface area contributed by atoms with Gasteiger partial charge in [0.25, 0.3) is 0 Å². The highest BCUT2D eigenvalue weighted by Crippen LogP contribution is 2.24. The Balaban J connectivity index is 1.50. The molecule has 2 unspecified atom stereocenters. The van der Waals surface area contributed by atoms with Crippen molar-refractivity contribution in [3.05, 3.63) is 22.4 Å². The normalized spacial score (nSPS) is 30.5. The fourth-order valence-electron chi connectivity index (χ4n) is 3.04. The van der Waals surface area contributed by atoms with Crippen LogP contribution in [0.4, 0.5) is 0 Å². The van der Waals surface area contributed by atoms with Gasteiger partial charge in [0.1, 0.15) is 0 Å². The van der Waals surface area contributed by atoms with Crippen molar-refractivity contribution in [2.75, 3.05) is 26.2 Å². The minimum atomic E-state index is 0.788. The summed E-state index contributed by atoms with van der Waals surface area (Å²) in [7, 11) is 0. The van der Waals surface area contributed by atoms with Gasteiger partial charge in [-0.25, -0.2) is 0 Å². The van der Waals surface area contributed by atoms with Gasteiger partial charge >= 0.3 is 0 Å². The summed E-state index contributed by atoms with van der Waals surface area (Å²) in [5.41, 5.74) is 1.51. The number of nitrogens with one attached hydrogen (secondary N) is 1. The van der Waals surface area contributed by atoms with E-state index in [1.165, 1.54) is 51.0 Å². The van der Waals surface area contributed by atoms with E-state index >= 15 is 0 Å². The van der Waals surface area contributed by atoms with Gasteiger partial charge in [-0.15, -0.1) is 0 Å². The van der Waals surface area contributed by atoms with Gasteiger partial charge in [-0.05, 0) is 54.1 Å². The van der Waals surface area contributed by atoms with Crippen LogP contribution in [-0.4, -0.2) is 37.1 Å². The van der Waals surface area contributed by atoms with E-state index in [0.29, 0.717) is 0 Å². The first-order valence-electron chi connectivity index (χ1n) is 6.38. The highest BCUT2D eigenvalue weighted by Gasteiger charge is 2.33. The highest BCUT2D eigenvalue weighted by atomic mass is 32.1. The molecule has 1 aromatic rings. The summed E-state index contributed by atoms with van der Waals surface area (Å²) >= 11 is 1.81. The van der Waals surface area contributed by atoms with Crippen LogP contribution in [0.25, 0.3) is 0 Å². The number of fused-ring (bicyclic) bond motifs is 1. The van der Waals surface area contributed by atoms with E-state index in [-0.39, 0.29) is 0 Å². The first-order chi connectivity index (χ1) is 7.92. The van der Waals surface area contributed by atoms with Gasteiger partial charge in [-0.1, -0.05) is 0 Å². The molecule has 0 spiro atoms. The molecule has 2 aliphatic rings. The fourth-order valence-corrected chi connectivity index (χ4v) is 3.74. The smallest absolute Gasteiger partial charge is 0.0235 e. The minimum Gasteiger partial charge on any atom is -0.312 e. The first kappa shape index (κ1) is 10.8. The van der Waals surface area contributed by atoms with Gasteiger partial charge in [-0.2, -0.15) is 11.3 Å². The van der Waals surface area contributed by atoms with Gasteiger partial charge in [0.05, 0.1) is 0 Å². The molecule has 2 atom stereocenters. The molecule has 88 valence electrons. The number of nitrogens with zero attached hydrogens (tertiary/aromatic N) is 1. The Morgan fingerprint density at radius 1 is 1.44 bits per heavy atom. The van der Waals surface area contributed by atoms with E-state index in [0.717, 1.165) is 12.0 Å². The number of hydrogen-bond acceptors (Lipinski definition) is 3. The Morgan fingerprint density at radius 3 is 3.25 bits per heavy atom. The van der Waals surface area contributed by atoms with Crippen molar-refractivity contribution in [2.24, 2.45) is 5.92 Å². The zero-order valence-electron chi connectivity index (χ0n) is 9.69. The van der Waals surface area contributed by atoms with E-state index < -0.39 is 0 Å². The second-order valence-electron chi connectivity index (χ2n) is 5.10. The van der Waals surface area contributed by atoms with Crippen LogP contribution in [0.1, 0.15) is 18.4 Å². The Morgan fingerprint density at radius 2 is 2.44 bits per heavy atom. The third kappa shape index (κ3) is 2.31. The van der Waals surface area contributed by atoms with Gasteiger partial charge in [0.15, 0.2) is 0 Å². The van der Waals surface area contributed by atoms with Crippen LogP contribution in [0.5, 0.6) is 0 Å². The van der Waals surface area contributed by atoms with Crippen molar-refractivity contribution in [3.8, 4) is 0 Å². The molecule has 0 aromatic carbocycles. The lowest BCUT2D eigenvalue weighted by Gasteiger charge is -2.24. The first-order valence-corrected chi connectivity index (χ1v) is 7.33. The predicted molar refractivity (Wildman–Crippen MR) is 69.0 cm³/mol. The summed E-state index contributed by atoms with van der Waals surface area (Å²) in [6.07, 6.45) is 4.04. The van der Waals surface area contributed by atoms with Crippen molar-refractivity contribution >= 4 is 11.3 Å². The summed E-state index contributed by atoms with van der Waals surface area (Å²) in [6, 6.07) is 3.04. The van der Waals surface area contributed by atoms with Crippen LogP contribution in [0.2, 0.25) is 0 Å². The van der Waals surface area contributed by atoms with Crippen LogP contribution < -0.4 is 5.32 Å². The van der Waals surface area contributed by atoms with Crippen LogP contribution in [0.3, 0.4) is 0 Å². The summed E-state index contributed by atoms with van der Waals surface area (Å²) in [6.45, 7) is 5.07. The molecule has 3 heteroatoms. The number of piperidine rings is 1. The third-order valence-electron chi connectivity index (χ3n) is 3.97. The maximum Gasteiger partial charge on any atom is 0.0235 e. The van der Waals surface area contributed by atoms with Crippen LogP contribution in [-0.2, 0) is 6.42 Å². The van der Waals surface area contributed by atoms with E-state index in [2.05, 4.69) is 27.0 Å². The van der Waals surface area contributed by atoms with Crippen LogP contribution in [0.15, 0.2) is 16.8 Å². The molecule has 1 N–H and O–H groups in total. The lowest BCUT2D eigenvalue weighted by Crippen LogP contribution is -2.40. The largest absolute Gasteiger partial charge is 0.312 e. The molecule has 2 nitrogen and oxygen atoms in total. The molecule has 2 aliphatic heterocycles. The van der Waals surface area contributed by atoms with Crippen LogP contribution >= 0.6 is 11.3 Å². The molecular weight excluding hydrogens is 216 g/mol. The summed E-state index contributed by atoms with van der Waals surface area (Å²) < 4.78 is 0. The Labute approximate surface area is 102 Å². The number of rotatable bonds is 3. The Kier molecular flexibility index (Phi) is 3.27. The molecule has 2 saturated heterocycles. The molecule has 0 bridgehead atoms. The van der Waals surface area contributed by atoms with Crippen molar-refractivity contribution in [3.63, 3.8) is 0 Å². The van der Waals surface area contributed by atoms with Gasteiger partial charge in [0, 0.05) is 25.7 Å². The second-order valence-corrected chi connectivity index (χ2v) is 5.88. The molecule has 3 heterocycles. The number of thiophene rings is 1. The van der Waals surface area contributed by atoms with E-state index in [9.17, 15) is 0 Å². The van der Waals surface area contributed by atoms with Gasteiger partial charge < -0.3 is 10.2 Å². The molecular formula is C13H20N2S. The zero-order valence-corrected chi connectivity index (χ0v) is 10.5. The molecule has 0 amide bonds. The Bertz CT molecular complexity index is 309. The molecule has 1 aromatic heterocycles. The standard InChI is InChI=1S/C13H20N2S/c1-2-12-8-15(9-13(12)14-5-1)6-3-11-4-7-16-10-11/h4,7,10,12-14H,1-3,5-6,8-9H2. The summed E-state index contributed by atoms with van der Waals surface area (Å²) in [5.74, 6) is 0.927. The maximum atomic E-state index is 3.66. The van der Waals surface area contributed by atoms with Crippen molar-refractivity contribution in [1.82, 2.24) is 10.2 Å². The molecule has 0 radical (unpaired) electrons. The van der Waals surface area contributed by atoms with Crippen molar-refractivity contribution < 1.29 is 0 Å². The fraction of sp³-hybridized carbons (Fsp3) is 0.692. The molecule has 0 saturated carbocycles. The lowest BCUT2D eigenvalue weighted by molar-refractivity contribution is 0.322. The summed E-state index contributed by atoms with van der Waals surface area (Å²) in [5, 5.41) is 8.12. The number of likely N-dealkylation sites (tertiary alicyclic amines) is 1. The second kappa shape index (κ2) is 4.86. The lowest BCUT2D eigenvalue weighted by atomic mass is 9.94. The minimum absolute atomic E-state index is 0.788. The Hall–Kier alpha value is -0.380. The monoisotopic (exact) mass is 236 g/mol.